The van der Waals surface area contributed by atoms with Gasteiger partial charge < -0.3 is 60.0 Å². The van der Waals surface area contributed by atoms with Gasteiger partial charge in [0.15, 0.2) is 0 Å². The van der Waals surface area contributed by atoms with E-state index in [1.54, 1.807) is 68.4 Å². The molecule has 3 aromatic rings. The minimum atomic E-state index is -4.89. The molecular formula is C70H95ClF4N12O12. The van der Waals surface area contributed by atoms with Crippen molar-refractivity contribution in [1.82, 2.24) is 60.0 Å². The molecule has 29 heteroatoms. The molecule has 542 valence electrons. The molecule has 3 saturated heterocycles. The van der Waals surface area contributed by atoms with Crippen molar-refractivity contribution in [2.24, 2.45) is 11.8 Å². The van der Waals surface area contributed by atoms with Crippen LogP contribution >= 0.6 is 11.6 Å². The van der Waals surface area contributed by atoms with Crippen LogP contribution in [0.2, 0.25) is 5.02 Å². The van der Waals surface area contributed by atoms with Crippen LogP contribution in [0.5, 0.6) is 0 Å². The Balaban J connectivity index is 1.43. The van der Waals surface area contributed by atoms with Gasteiger partial charge in [0.2, 0.25) is 70.9 Å². The summed E-state index contributed by atoms with van der Waals surface area (Å²) in [5.41, 5.74) is -0.392. The number of likely N-dealkylation sites (tertiary alicyclic amines) is 1. The van der Waals surface area contributed by atoms with Crippen molar-refractivity contribution in [3.8, 4) is 0 Å². The number of fused-ring (bicyclic) bond motifs is 1. The normalized spacial score (nSPS) is 24.2. The maximum atomic E-state index is 15.6. The lowest BCUT2D eigenvalue weighted by atomic mass is 9.97. The molecule has 9 atom stereocenters. The van der Waals surface area contributed by atoms with E-state index in [1.165, 1.54) is 75.9 Å². The van der Waals surface area contributed by atoms with Gasteiger partial charge in [0.05, 0.1) is 31.6 Å². The number of halogens is 5. The molecule has 0 unspecified atom stereocenters. The highest BCUT2D eigenvalue weighted by Crippen LogP contribution is 2.31. The van der Waals surface area contributed by atoms with Gasteiger partial charge in [-0.2, -0.15) is 13.2 Å². The highest BCUT2D eigenvalue weighted by Gasteiger charge is 2.45. The predicted molar refractivity (Wildman–Crippen MR) is 360 cm³/mol. The molecule has 3 fully saturated rings. The fourth-order valence-electron chi connectivity index (χ4n) is 12.4. The molecule has 3 N–H and O–H groups in total. The average molecular weight is 1410 g/mol. The smallest absolute Gasteiger partial charge is 0.343 e. The van der Waals surface area contributed by atoms with Gasteiger partial charge in [0, 0.05) is 86.8 Å². The summed E-state index contributed by atoms with van der Waals surface area (Å²) in [5.74, 6) is -11.2. The quantitative estimate of drug-likeness (QED) is 0.216. The van der Waals surface area contributed by atoms with E-state index in [2.05, 4.69) is 16.0 Å². The minimum absolute atomic E-state index is 0.0225. The lowest BCUT2D eigenvalue weighted by Gasteiger charge is -2.38. The van der Waals surface area contributed by atoms with Gasteiger partial charge in [-0.1, -0.05) is 94.2 Å². The molecular weight excluding hydrogens is 1310 g/mol. The number of rotatable bonds is 12. The Morgan fingerprint density at radius 1 is 0.606 bits per heavy atom. The third kappa shape index (κ3) is 20.9. The number of carbonyl (C=O) groups excluding carboxylic acids is 12. The maximum absolute atomic E-state index is 15.6. The second-order valence-electron chi connectivity index (χ2n) is 26.7. The summed E-state index contributed by atoms with van der Waals surface area (Å²) in [6.07, 6.45) is -4.66. The van der Waals surface area contributed by atoms with E-state index in [1.807, 2.05) is 13.8 Å². The van der Waals surface area contributed by atoms with Crippen molar-refractivity contribution in [3.05, 3.63) is 106 Å². The summed E-state index contributed by atoms with van der Waals surface area (Å²) in [7, 11) is 9.29. The number of benzene rings is 3. The van der Waals surface area contributed by atoms with Crippen LogP contribution in [0.15, 0.2) is 72.8 Å². The fraction of sp³-hybridized carbons (Fsp3) is 0.571. The van der Waals surface area contributed by atoms with Gasteiger partial charge in [0.25, 0.3) is 0 Å². The highest BCUT2D eigenvalue weighted by atomic mass is 35.5. The number of amides is 12. The Labute approximate surface area is 581 Å². The van der Waals surface area contributed by atoms with E-state index in [-0.39, 0.29) is 50.1 Å². The molecule has 6 rings (SSSR count). The third-order valence-corrected chi connectivity index (χ3v) is 19.3. The van der Waals surface area contributed by atoms with Gasteiger partial charge >= 0.3 is 6.18 Å². The van der Waals surface area contributed by atoms with E-state index < -0.39 is 182 Å². The summed E-state index contributed by atoms with van der Waals surface area (Å²) in [6.45, 7) is 7.13. The zero-order valence-corrected chi connectivity index (χ0v) is 59.3. The molecule has 0 radical (unpaired) electrons. The van der Waals surface area contributed by atoms with E-state index in [4.69, 9.17) is 11.6 Å². The summed E-state index contributed by atoms with van der Waals surface area (Å²) in [6, 6.07) is 5.90. The van der Waals surface area contributed by atoms with Crippen molar-refractivity contribution < 1.29 is 75.1 Å². The monoisotopic (exact) mass is 1410 g/mol. The Morgan fingerprint density at radius 2 is 1.19 bits per heavy atom. The van der Waals surface area contributed by atoms with Crippen LogP contribution in [0.4, 0.5) is 17.6 Å². The molecule has 0 aromatic heterocycles. The van der Waals surface area contributed by atoms with Crippen LogP contribution in [0.1, 0.15) is 108 Å². The topological polar surface area (TPSA) is 270 Å². The van der Waals surface area contributed by atoms with Crippen LogP contribution in [-0.2, 0) is 83.0 Å². The van der Waals surface area contributed by atoms with Crippen molar-refractivity contribution >= 4 is 82.5 Å². The summed E-state index contributed by atoms with van der Waals surface area (Å²) in [5, 5.41) is 8.52. The van der Waals surface area contributed by atoms with Gasteiger partial charge in [-0.25, -0.2) is 4.39 Å². The first-order valence-electron chi connectivity index (χ1n) is 33.5. The molecule has 3 aliphatic heterocycles. The zero-order valence-electron chi connectivity index (χ0n) is 58.5. The summed E-state index contributed by atoms with van der Waals surface area (Å²) >= 11 is 6.21. The highest BCUT2D eigenvalue weighted by molar-refractivity contribution is 6.30. The lowest BCUT2D eigenvalue weighted by Crippen LogP contribution is -2.60. The molecule has 3 aliphatic rings. The first-order valence-corrected chi connectivity index (χ1v) is 33.8. The number of carbonyl (C=O) groups is 12. The van der Waals surface area contributed by atoms with Crippen molar-refractivity contribution in [3.63, 3.8) is 0 Å². The van der Waals surface area contributed by atoms with Crippen molar-refractivity contribution in [2.75, 3.05) is 88.6 Å². The number of likely N-dealkylation sites (N-methyl/N-ethyl adjacent to an activating group) is 7. The Morgan fingerprint density at radius 3 is 1.79 bits per heavy atom. The van der Waals surface area contributed by atoms with Gasteiger partial charge in [-0.05, 0) is 105 Å². The number of nitrogens with one attached hydrogen (secondary N) is 3. The maximum Gasteiger partial charge on any atom is 0.416 e. The van der Waals surface area contributed by atoms with E-state index in [0.717, 1.165) is 30.6 Å². The molecule has 0 aliphatic carbocycles. The zero-order chi connectivity index (χ0) is 73.5. The van der Waals surface area contributed by atoms with Crippen LogP contribution in [-0.4, -0.2) is 252 Å². The number of hydrogen-bond donors (Lipinski definition) is 3. The van der Waals surface area contributed by atoms with Crippen molar-refractivity contribution in [1.29, 1.82) is 0 Å². The van der Waals surface area contributed by atoms with E-state index >= 15 is 23.6 Å². The Bertz CT molecular complexity index is 3420. The Kier molecular flexibility index (Phi) is 28.3. The lowest BCUT2D eigenvalue weighted by molar-refractivity contribution is -0.152. The molecule has 0 saturated carbocycles. The second kappa shape index (κ2) is 35.4. The van der Waals surface area contributed by atoms with Crippen molar-refractivity contribution in [2.45, 2.75) is 160 Å². The van der Waals surface area contributed by atoms with Gasteiger partial charge in [-0.15, -0.1) is 0 Å². The second-order valence-corrected chi connectivity index (χ2v) is 27.2. The molecule has 3 aromatic carbocycles. The number of alkyl halides is 3. The molecule has 3 heterocycles. The Hall–Kier alpha value is -8.69. The number of hydrogen-bond acceptors (Lipinski definition) is 12. The fourth-order valence-corrected chi connectivity index (χ4v) is 12.5. The molecule has 24 nitrogen and oxygen atoms in total. The van der Waals surface area contributed by atoms with E-state index in [9.17, 15) is 51.5 Å². The first kappa shape index (κ1) is 79.3. The molecule has 12 amide bonds. The van der Waals surface area contributed by atoms with E-state index in [0.29, 0.717) is 60.6 Å². The largest absolute Gasteiger partial charge is 0.416 e. The van der Waals surface area contributed by atoms with Crippen LogP contribution in [0, 0.1) is 17.7 Å². The van der Waals surface area contributed by atoms with Crippen LogP contribution < -0.4 is 16.0 Å². The van der Waals surface area contributed by atoms with Gasteiger partial charge in [0.1, 0.15) is 54.2 Å². The molecule has 99 heavy (non-hydrogen) atoms. The van der Waals surface area contributed by atoms with Gasteiger partial charge in [-0.3, -0.25) is 57.5 Å². The predicted octanol–water partition coefficient (Wildman–Crippen LogP) is 4.18. The summed E-state index contributed by atoms with van der Waals surface area (Å²) < 4.78 is 56.7. The third-order valence-electron chi connectivity index (χ3n) is 19.1. The van der Waals surface area contributed by atoms with Crippen LogP contribution in [0.25, 0.3) is 0 Å². The average Bonchev–Trinajstić information content (AvgIpc) is 1.79. The molecule has 0 bridgehead atoms. The number of aryl methyl sites for hydroxylation is 1. The summed E-state index contributed by atoms with van der Waals surface area (Å²) in [4.78, 5) is 186. The minimum Gasteiger partial charge on any atom is -0.343 e. The SMILES string of the molecule is CC[C@H](C)[C@@H]1NC(=O)[C@H](C)N(C)C(=O)C[C@@H](C(=O)N2CCCC2)NC(=O)[C@H](CC(C)C)N(C)C(=O)[C@@H](Cc2ccccc2)N(C)C(=O)[C@@H]2CCCN2C(=O)[C@H](CCc2ccc(C(F)(F)F)cc2F)NC(=O)CN(C)C(=O)[C@H](Cc2ccc(Cl)cc2)N(C)C(=O)CN(C)C(=O)CN(C)C1=O. The first-order chi connectivity index (χ1) is 46.5. The van der Waals surface area contributed by atoms with Crippen LogP contribution in [0.3, 0.4) is 0 Å². The molecule has 0 spiro atoms. The standard InChI is InChI=1S/C70H95ClF4N12O12/c1-13-43(4)61-69(99)81(8)40-59(90)79(6)41-60(91)83(10)55(36-46-23-28-49(71)29-24-46)66(96)80(7)39-57(88)76-51(30-26-47-25-27-48(37-50(47)72)70(73,74)75)65(95)87-33-19-22-53(87)67(97)85(12)56(35-45-20-15-14-16-21-45)68(98)84(11)54(34-42(2)3)63(93)77-52(64(94)86-31-17-18-32-86)38-58(89)82(9)44(5)62(92)78-61/h14-16,20-21,23-25,27-29,37,42-44,51-56,61H,13,17-19,22,26,30-36,38-41H2,1-12H3,(H,76,88)(H,77,93)(H,78,92)/t43-,44-,51-,52-,53-,54-,55-,56+,61-/m0/s1. The number of nitrogens with zero attached hydrogens (tertiary/aromatic N) is 9.